The molecule has 2 heterocycles. The molecular formula is C18H28N6O3S. The number of nitrogens with one attached hydrogen (secondary N) is 2. The van der Waals surface area contributed by atoms with Gasteiger partial charge in [0.25, 0.3) is 0 Å². The fourth-order valence-electron chi connectivity index (χ4n) is 3.91. The normalized spacial score (nSPS) is 22.6. The summed E-state index contributed by atoms with van der Waals surface area (Å²) in [6.07, 6.45) is 3.23. The van der Waals surface area contributed by atoms with Crippen molar-refractivity contribution in [1.82, 2.24) is 24.5 Å². The van der Waals surface area contributed by atoms with E-state index in [1.165, 1.54) is 0 Å². The van der Waals surface area contributed by atoms with Crippen LogP contribution >= 0.6 is 0 Å². The van der Waals surface area contributed by atoms with Gasteiger partial charge in [-0.15, -0.1) is 10.2 Å². The third-order valence-electron chi connectivity index (χ3n) is 5.21. The minimum atomic E-state index is -3.37. The first-order chi connectivity index (χ1) is 13.4. The van der Waals surface area contributed by atoms with E-state index < -0.39 is 10.0 Å². The third-order valence-corrected chi connectivity index (χ3v) is 6.61. The first kappa shape index (κ1) is 20.7. The topological polar surface area (TPSA) is 114 Å². The van der Waals surface area contributed by atoms with Crippen molar-refractivity contribution in [3.63, 3.8) is 0 Å². The van der Waals surface area contributed by atoms with Gasteiger partial charge < -0.3 is 9.72 Å². The molecule has 3 rings (SSSR count). The molecule has 10 heteroatoms. The molecule has 2 N–H and O–H groups in total. The Bertz CT molecular complexity index is 920. The molecule has 9 nitrogen and oxygen atoms in total. The van der Waals surface area contributed by atoms with E-state index in [0.29, 0.717) is 18.8 Å². The second-order valence-electron chi connectivity index (χ2n) is 7.20. The third kappa shape index (κ3) is 4.34. The Kier molecular flexibility index (Phi) is 6.31. The summed E-state index contributed by atoms with van der Waals surface area (Å²) < 4.78 is 34.6. The van der Waals surface area contributed by atoms with Crippen molar-refractivity contribution < 1.29 is 13.2 Å². The Morgan fingerprint density at radius 3 is 2.93 bits per heavy atom. The number of sulfonamides is 1. The van der Waals surface area contributed by atoms with Crippen molar-refractivity contribution in [1.29, 1.82) is 0 Å². The van der Waals surface area contributed by atoms with E-state index in [-0.39, 0.29) is 30.2 Å². The van der Waals surface area contributed by atoms with Crippen LogP contribution in [0.1, 0.15) is 44.3 Å². The van der Waals surface area contributed by atoms with E-state index in [1.54, 1.807) is 6.20 Å². The van der Waals surface area contributed by atoms with Gasteiger partial charge in [0.05, 0.1) is 18.0 Å². The fraction of sp³-hybridized carbons (Fsp3) is 0.611. The number of aromatic amines is 1. The molecule has 2 aromatic heterocycles. The predicted molar refractivity (Wildman–Crippen MR) is 108 cm³/mol. The summed E-state index contributed by atoms with van der Waals surface area (Å²) in [7, 11) is -3.37. The maximum atomic E-state index is 12.3. The highest BCUT2D eigenvalue weighted by Gasteiger charge is 2.37. The summed E-state index contributed by atoms with van der Waals surface area (Å²) in [5.74, 6) is 2.57. The number of ether oxygens (including phenoxy) is 1. The van der Waals surface area contributed by atoms with Crippen LogP contribution in [-0.2, 0) is 14.8 Å². The number of aromatic nitrogens is 4. The molecule has 0 saturated heterocycles. The second kappa shape index (κ2) is 8.54. The van der Waals surface area contributed by atoms with Crippen molar-refractivity contribution in [2.75, 3.05) is 19.0 Å². The van der Waals surface area contributed by atoms with Crippen LogP contribution in [0.5, 0.6) is 0 Å². The zero-order chi connectivity index (χ0) is 20.3. The summed E-state index contributed by atoms with van der Waals surface area (Å²) in [5, 5.41) is 8.67. The first-order valence-electron chi connectivity index (χ1n) is 9.50. The summed E-state index contributed by atoms with van der Waals surface area (Å²) in [6, 6.07) is 1.79. The molecule has 0 aromatic carbocycles. The van der Waals surface area contributed by atoms with Gasteiger partial charge in [-0.25, -0.2) is 18.1 Å². The fourth-order valence-corrected chi connectivity index (χ4v) is 5.06. The summed E-state index contributed by atoms with van der Waals surface area (Å²) in [6.45, 7) is 10.2. The Morgan fingerprint density at radius 1 is 1.43 bits per heavy atom. The highest BCUT2D eigenvalue weighted by atomic mass is 32.2. The molecule has 0 unspecified atom stereocenters. The summed E-state index contributed by atoms with van der Waals surface area (Å²) >= 11 is 0. The molecule has 1 saturated carbocycles. The monoisotopic (exact) mass is 408 g/mol. The molecule has 2 aromatic rings. The molecule has 0 aliphatic heterocycles. The van der Waals surface area contributed by atoms with Gasteiger partial charge in [0.15, 0.2) is 5.82 Å². The highest BCUT2D eigenvalue weighted by Crippen LogP contribution is 2.40. The molecular weight excluding hydrogens is 380 g/mol. The van der Waals surface area contributed by atoms with Gasteiger partial charge in [-0.05, 0) is 45.4 Å². The van der Waals surface area contributed by atoms with Crippen LogP contribution in [0.3, 0.4) is 0 Å². The largest absolute Gasteiger partial charge is 0.381 e. The first-order valence-corrected chi connectivity index (χ1v) is 11.2. The second-order valence-corrected chi connectivity index (χ2v) is 9.07. The van der Waals surface area contributed by atoms with Crippen LogP contribution in [0, 0.1) is 12.8 Å². The molecule has 1 fully saturated rings. The van der Waals surface area contributed by atoms with E-state index in [2.05, 4.69) is 38.5 Å². The van der Waals surface area contributed by atoms with Gasteiger partial charge in [-0.1, -0.05) is 6.92 Å². The van der Waals surface area contributed by atoms with E-state index in [9.17, 15) is 8.42 Å². The zero-order valence-electron chi connectivity index (χ0n) is 16.6. The Hall–Kier alpha value is -2.04. The van der Waals surface area contributed by atoms with Crippen LogP contribution in [0.15, 0.2) is 17.3 Å². The van der Waals surface area contributed by atoms with Crippen LogP contribution in [0.4, 0.5) is 5.82 Å². The van der Waals surface area contributed by atoms with Crippen LogP contribution in [0.25, 0.3) is 5.69 Å². The van der Waals surface area contributed by atoms with Gasteiger partial charge in [0.2, 0.25) is 10.0 Å². The number of nitrogens with zero attached hydrogens (tertiary/aromatic N) is 4. The number of H-pyrrole nitrogens is 1. The van der Waals surface area contributed by atoms with Crippen molar-refractivity contribution in [3.8, 4) is 5.69 Å². The minimum absolute atomic E-state index is 0.0244. The standard InChI is InChI=1S/C18H28N6O3S/c1-5-27-8-9-28(25,26)23-14-10-12(2)15(11-14)18-22-21-13(3)24(18)16-6-7-20-17(16)19-4/h6-7,12,14-15,20,23H,4-5,8-11H2,1-3H3/t12-,14+,15+/m1/s1. The number of aryl methyl sites for hydroxylation is 1. The molecule has 0 radical (unpaired) electrons. The van der Waals surface area contributed by atoms with Crippen LogP contribution in [0.2, 0.25) is 0 Å². The lowest BCUT2D eigenvalue weighted by Gasteiger charge is -2.16. The predicted octanol–water partition coefficient (Wildman–Crippen LogP) is 2.07. The van der Waals surface area contributed by atoms with Gasteiger partial charge >= 0.3 is 0 Å². The Balaban J connectivity index is 1.78. The molecule has 154 valence electrons. The quantitative estimate of drug-likeness (QED) is 0.487. The van der Waals surface area contributed by atoms with Crippen molar-refractivity contribution in [3.05, 3.63) is 23.9 Å². The molecule has 0 bridgehead atoms. The van der Waals surface area contributed by atoms with Crippen molar-refractivity contribution in [2.24, 2.45) is 10.9 Å². The molecule has 1 aliphatic rings. The number of rotatable bonds is 9. The number of hydrogen-bond acceptors (Lipinski definition) is 6. The highest BCUT2D eigenvalue weighted by molar-refractivity contribution is 7.89. The van der Waals surface area contributed by atoms with E-state index in [0.717, 1.165) is 23.8 Å². The van der Waals surface area contributed by atoms with Gasteiger partial charge in [0, 0.05) is 24.8 Å². The van der Waals surface area contributed by atoms with Gasteiger partial charge in [0.1, 0.15) is 11.6 Å². The van der Waals surface area contributed by atoms with Crippen molar-refractivity contribution >= 4 is 22.6 Å². The lowest BCUT2D eigenvalue weighted by molar-refractivity contribution is 0.163. The van der Waals surface area contributed by atoms with Crippen LogP contribution in [-0.4, -0.2) is 59.9 Å². The number of hydrogen-bond donors (Lipinski definition) is 2. The van der Waals surface area contributed by atoms with Crippen molar-refractivity contribution in [2.45, 2.75) is 45.6 Å². The lowest BCUT2D eigenvalue weighted by Crippen LogP contribution is -2.36. The smallest absolute Gasteiger partial charge is 0.214 e. The SMILES string of the molecule is C=Nc1[nH]ccc1-n1c(C)nnc1[C@H]1C[C@@H](NS(=O)(=O)CCOCC)C[C@H]1C. The summed E-state index contributed by atoms with van der Waals surface area (Å²) in [5.41, 5.74) is 0.848. The number of aliphatic imine (C=N–C) groups is 1. The Morgan fingerprint density at radius 2 is 2.21 bits per heavy atom. The van der Waals surface area contributed by atoms with E-state index in [1.807, 2.05) is 24.5 Å². The lowest BCUT2D eigenvalue weighted by atomic mass is 9.97. The maximum absolute atomic E-state index is 12.3. The average molecular weight is 409 g/mol. The van der Waals surface area contributed by atoms with Gasteiger partial charge in [-0.3, -0.25) is 4.57 Å². The zero-order valence-corrected chi connectivity index (χ0v) is 17.4. The molecule has 3 atom stereocenters. The van der Waals surface area contributed by atoms with E-state index in [4.69, 9.17) is 4.74 Å². The average Bonchev–Trinajstić information content (AvgIpc) is 3.32. The Labute approximate surface area is 165 Å². The van der Waals surface area contributed by atoms with E-state index >= 15 is 0 Å². The van der Waals surface area contributed by atoms with Crippen LogP contribution < -0.4 is 4.72 Å². The molecule has 0 spiro atoms. The van der Waals surface area contributed by atoms with Gasteiger partial charge in [-0.2, -0.15) is 0 Å². The maximum Gasteiger partial charge on any atom is 0.214 e. The molecule has 28 heavy (non-hydrogen) atoms. The minimum Gasteiger partial charge on any atom is -0.381 e. The molecule has 1 aliphatic carbocycles. The summed E-state index contributed by atoms with van der Waals surface area (Å²) in [4.78, 5) is 7.08. The molecule has 0 amide bonds.